The van der Waals surface area contributed by atoms with E-state index in [9.17, 15) is 9.90 Å². The summed E-state index contributed by atoms with van der Waals surface area (Å²) in [5.74, 6) is 0.191. The van der Waals surface area contributed by atoms with Gasteiger partial charge in [-0.05, 0) is 42.7 Å². The van der Waals surface area contributed by atoms with Gasteiger partial charge in [-0.2, -0.15) is 0 Å². The van der Waals surface area contributed by atoms with Gasteiger partial charge in [0.05, 0.1) is 18.2 Å². The summed E-state index contributed by atoms with van der Waals surface area (Å²) >= 11 is 6.41. The molecule has 3 aromatic rings. The highest BCUT2D eigenvalue weighted by Crippen LogP contribution is 2.37. The highest BCUT2D eigenvalue weighted by molar-refractivity contribution is 6.32. The molecule has 0 bridgehead atoms. The fraction of sp³-hybridized carbons (Fsp3) is 0.348. The monoisotopic (exact) mass is 430 g/mol. The highest BCUT2D eigenvalue weighted by atomic mass is 35.5. The van der Waals surface area contributed by atoms with Crippen molar-refractivity contribution >= 4 is 28.5 Å². The zero-order valence-corrected chi connectivity index (χ0v) is 18.0. The molecular weight excluding hydrogens is 404 g/mol. The molecule has 3 N–H and O–H groups in total. The van der Waals surface area contributed by atoms with Crippen LogP contribution >= 0.6 is 11.6 Å². The van der Waals surface area contributed by atoms with Gasteiger partial charge in [-0.15, -0.1) is 0 Å². The van der Waals surface area contributed by atoms with Crippen LogP contribution in [0.1, 0.15) is 31.4 Å². The predicted molar refractivity (Wildman–Crippen MR) is 119 cm³/mol. The zero-order chi connectivity index (χ0) is 21.5. The average molecular weight is 431 g/mol. The van der Waals surface area contributed by atoms with Crippen LogP contribution in [-0.4, -0.2) is 35.3 Å². The van der Waals surface area contributed by atoms with Crippen molar-refractivity contribution < 1.29 is 19.4 Å². The first-order valence-electron chi connectivity index (χ1n) is 10.1. The van der Waals surface area contributed by atoms with Crippen molar-refractivity contribution in [3.05, 3.63) is 58.7 Å². The Morgan fingerprint density at radius 2 is 2.03 bits per heavy atom. The van der Waals surface area contributed by atoms with Gasteiger partial charge < -0.3 is 24.9 Å². The number of H-pyrrole nitrogens is 1. The van der Waals surface area contributed by atoms with E-state index in [1.54, 1.807) is 6.07 Å². The number of fused-ring (bicyclic) bond motifs is 1. The second kappa shape index (κ2) is 10.4. The van der Waals surface area contributed by atoms with Gasteiger partial charge >= 0.3 is 5.97 Å². The van der Waals surface area contributed by atoms with Crippen LogP contribution in [-0.2, 0) is 17.8 Å². The zero-order valence-electron chi connectivity index (χ0n) is 17.2. The number of carboxylic acids is 1. The van der Waals surface area contributed by atoms with Crippen LogP contribution in [0.25, 0.3) is 10.9 Å². The normalized spacial score (nSPS) is 12.1. The topological polar surface area (TPSA) is 83.6 Å². The first-order chi connectivity index (χ1) is 14.5. The summed E-state index contributed by atoms with van der Waals surface area (Å²) in [5, 5.41) is 14.3. The maximum absolute atomic E-state index is 11.8. The maximum atomic E-state index is 11.8. The molecule has 0 aliphatic rings. The Morgan fingerprint density at radius 1 is 1.23 bits per heavy atom. The summed E-state index contributed by atoms with van der Waals surface area (Å²) < 4.78 is 11.4. The molecule has 1 heterocycles. The van der Waals surface area contributed by atoms with Crippen LogP contribution in [0.5, 0.6) is 11.5 Å². The number of nitrogens with one attached hydrogen (secondary N) is 2. The van der Waals surface area contributed by atoms with Crippen LogP contribution < -0.4 is 14.8 Å². The lowest BCUT2D eigenvalue weighted by atomic mass is 10.0. The number of hydrogen-bond acceptors (Lipinski definition) is 4. The molecule has 0 radical (unpaired) electrons. The fourth-order valence-electron chi connectivity index (χ4n) is 3.34. The molecule has 0 spiro atoms. The van der Waals surface area contributed by atoms with E-state index >= 15 is 0 Å². The van der Waals surface area contributed by atoms with E-state index in [0.29, 0.717) is 42.7 Å². The molecule has 160 valence electrons. The molecule has 1 atom stereocenters. The summed E-state index contributed by atoms with van der Waals surface area (Å²) in [7, 11) is 0. The van der Waals surface area contributed by atoms with Crippen molar-refractivity contribution in [2.45, 2.75) is 39.3 Å². The predicted octanol–water partition coefficient (Wildman–Crippen LogP) is 4.79. The number of aliphatic carboxylic acids is 1. The summed E-state index contributed by atoms with van der Waals surface area (Å²) in [5.41, 5.74) is 2.78. The minimum atomic E-state index is -0.903. The molecular formula is C23H27ClN2O4. The molecule has 0 aliphatic carbocycles. The van der Waals surface area contributed by atoms with Gasteiger partial charge in [0, 0.05) is 30.1 Å². The third-order valence-corrected chi connectivity index (χ3v) is 5.05. The van der Waals surface area contributed by atoms with Gasteiger partial charge in [0.15, 0.2) is 11.5 Å². The van der Waals surface area contributed by atoms with E-state index in [2.05, 4.69) is 10.3 Å². The lowest BCUT2D eigenvalue weighted by molar-refractivity contribution is -0.139. The Kier molecular flexibility index (Phi) is 7.60. The van der Waals surface area contributed by atoms with Gasteiger partial charge in [-0.25, -0.2) is 0 Å². The molecule has 6 nitrogen and oxygen atoms in total. The number of ether oxygens (including phenoxy) is 2. The van der Waals surface area contributed by atoms with Crippen LogP contribution in [0.2, 0.25) is 5.02 Å². The number of aromatic amines is 1. The Labute approximate surface area is 181 Å². The Bertz CT molecular complexity index is 1000. The van der Waals surface area contributed by atoms with Gasteiger partial charge in [-0.3, -0.25) is 4.79 Å². The second-order valence-corrected chi connectivity index (χ2v) is 7.43. The van der Waals surface area contributed by atoms with Crippen molar-refractivity contribution in [2.75, 3.05) is 13.2 Å². The number of rotatable bonds is 11. The molecule has 7 heteroatoms. The molecule has 3 rings (SSSR count). The van der Waals surface area contributed by atoms with Crippen molar-refractivity contribution in [3.8, 4) is 11.5 Å². The van der Waals surface area contributed by atoms with Gasteiger partial charge in [0.25, 0.3) is 0 Å². The maximum Gasteiger partial charge on any atom is 0.321 e. The van der Waals surface area contributed by atoms with Gasteiger partial charge in [0.2, 0.25) is 0 Å². The first kappa shape index (κ1) is 22.0. The van der Waals surface area contributed by atoms with Crippen LogP contribution in [0.15, 0.2) is 42.6 Å². The molecule has 30 heavy (non-hydrogen) atoms. The Balaban J connectivity index is 1.75. The van der Waals surface area contributed by atoms with E-state index in [4.69, 9.17) is 21.1 Å². The fourth-order valence-corrected chi connectivity index (χ4v) is 3.63. The number of para-hydroxylation sites is 1. The molecule has 0 aliphatic heterocycles. The van der Waals surface area contributed by atoms with Crippen LogP contribution in [0.4, 0.5) is 0 Å². The number of hydrogen-bond donors (Lipinski definition) is 3. The summed E-state index contributed by atoms with van der Waals surface area (Å²) in [6.45, 7) is 5.28. The number of carbonyl (C=O) groups is 1. The average Bonchev–Trinajstić information content (AvgIpc) is 3.13. The number of halogens is 1. The van der Waals surface area contributed by atoms with E-state index in [1.807, 2.05) is 50.4 Å². The second-order valence-electron chi connectivity index (χ2n) is 7.02. The molecule has 0 unspecified atom stereocenters. The smallest absolute Gasteiger partial charge is 0.321 e. The minimum absolute atomic E-state index is 0.340. The van der Waals surface area contributed by atoms with E-state index in [0.717, 1.165) is 28.5 Å². The van der Waals surface area contributed by atoms with E-state index in [-0.39, 0.29) is 0 Å². The SMILES string of the molecule is CCCOc1c(Cl)cc(CN[C@@H](Cc2c[nH]c3ccccc23)C(=O)O)cc1OCC. The lowest BCUT2D eigenvalue weighted by Crippen LogP contribution is -2.38. The molecule has 2 aromatic carbocycles. The lowest BCUT2D eigenvalue weighted by Gasteiger charge is -2.17. The van der Waals surface area contributed by atoms with Crippen LogP contribution in [0.3, 0.4) is 0 Å². The van der Waals surface area contributed by atoms with Gasteiger partial charge in [-0.1, -0.05) is 36.7 Å². The minimum Gasteiger partial charge on any atom is -0.490 e. The number of carboxylic acid groups (broad SMARTS) is 1. The molecule has 0 saturated carbocycles. The van der Waals surface area contributed by atoms with Gasteiger partial charge in [0.1, 0.15) is 6.04 Å². The van der Waals surface area contributed by atoms with E-state index < -0.39 is 12.0 Å². The Morgan fingerprint density at radius 3 is 2.77 bits per heavy atom. The van der Waals surface area contributed by atoms with Crippen molar-refractivity contribution in [1.29, 1.82) is 0 Å². The highest BCUT2D eigenvalue weighted by Gasteiger charge is 2.20. The third kappa shape index (κ3) is 5.26. The molecule has 0 saturated heterocycles. The molecule has 0 fully saturated rings. The molecule has 1 aromatic heterocycles. The number of benzene rings is 2. The summed E-state index contributed by atoms with van der Waals surface area (Å²) in [6.07, 6.45) is 3.09. The summed E-state index contributed by atoms with van der Waals surface area (Å²) in [4.78, 5) is 15.0. The van der Waals surface area contributed by atoms with Crippen molar-refractivity contribution in [3.63, 3.8) is 0 Å². The third-order valence-electron chi connectivity index (χ3n) is 4.77. The summed E-state index contributed by atoms with van der Waals surface area (Å²) in [6, 6.07) is 10.7. The quantitative estimate of drug-likeness (QED) is 0.407. The van der Waals surface area contributed by atoms with E-state index in [1.165, 1.54) is 0 Å². The Hall–Kier alpha value is -2.70. The van der Waals surface area contributed by atoms with Crippen molar-refractivity contribution in [2.24, 2.45) is 0 Å². The largest absolute Gasteiger partial charge is 0.490 e. The molecule has 0 amide bonds. The van der Waals surface area contributed by atoms with Crippen molar-refractivity contribution in [1.82, 2.24) is 10.3 Å². The van der Waals surface area contributed by atoms with Crippen LogP contribution in [0, 0.1) is 0 Å². The standard InChI is InChI=1S/C23H27ClN2O4/c1-3-9-30-22-18(24)10-15(11-21(22)29-4-2)13-25-20(23(27)28)12-16-14-26-19-8-6-5-7-17(16)19/h5-8,10-11,14,20,25-26H,3-4,9,12-13H2,1-2H3,(H,27,28)/t20-/m0/s1. The first-order valence-corrected chi connectivity index (χ1v) is 10.5. The number of aromatic nitrogens is 1.